The highest BCUT2D eigenvalue weighted by Crippen LogP contribution is 2.35. The van der Waals surface area contributed by atoms with E-state index >= 15 is 0 Å². The first-order valence-corrected chi connectivity index (χ1v) is 6.07. The molecule has 0 aromatic heterocycles. The molecule has 0 aliphatic rings. The molecule has 8 nitrogen and oxygen atoms in total. The zero-order valence-electron chi connectivity index (χ0n) is 11.5. The number of phenols is 3. The molecular weight excluding hydrogens is 282 g/mol. The Kier molecular flexibility index (Phi) is 4.64. The molecule has 0 bridgehead atoms. The summed E-state index contributed by atoms with van der Waals surface area (Å²) >= 11 is 0. The Labute approximate surface area is 120 Å². The molecule has 0 radical (unpaired) electrons. The molecular formula is C13H17NO7. The van der Waals surface area contributed by atoms with Crippen LogP contribution in [0.25, 0.3) is 0 Å². The number of carboxylic acids is 1. The second-order valence-electron chi connectivity index (χ2n) is 5.05. The molecule has 1 rings (SSSR count). The van der Waals surface area contributed by atoms with Crippen molar-refractivity contribution in [3.05, 3.63) is 17.7 Å². The van der Waals surface area contributed by atoms with Crippen molar-refractivity contribution < 1.29 is 34.8 Å². The molecule has 1 aromatic carbocycles. The summed E-state index contributed by atoms with van der Waals surface area (Å²) in [5, 5.41) is 36.9. The van der Waals surface area contributed by atoms with E-state index in [1.807, 2.05) is 0 Å². The smallest absolute Gasteiger partial charge is 0.363 e. The third kappa shape index (κ3) is 3.76. The van der Waals surface area contributed by atoms with Crippen molar-refractivity contribution >= 4 is 11.9 Å². The number of ether oxygens (including phenoxy) is 1. The molecule has 0 aliphatic heterocycles. The summed E-state index contributed by atoms with van der Waals surface area (Å²) in [5.41, 5.74) is 3.00. The maximum atomic E-state index is 11.9. The van der Waals surface area contributed by atoms with Crippen LogP contribution in [-0.4, -0.2) is 38.1 Å². The lowest BCUT2D eigenvalue weighted by atomic mass is 10.0. The quantitative estimate of drug-likeness (QED) is 0.303. The number of nitrogens with two attached hydrogens (primary N) is 1. The molecule has 6 N–H and O–H groups in total. The zero-order valence-corrected chi connectivity index (χ0v) is 11.5. The first kappa shape index (κ1) is 16.6. The molecule has 116 valence electrons. The van der Waals surface area contributed by atoms with Gasteiger partial charge in [0.1, 0.15) is 0 Å². The maximum absolute atomic E-state index is 11.9. The second-order valence-corrected chi connectivity index (χ2v) is 5.05. The molecule has 0 fully saturated rings. The Balaban J connectivity index is 3.06. The summed E-state index contributed by atoms with van der Waals surface area (Å²) in [4.78, 5) is 23.1. The van der Waals surface area contributed by atoms with Gasteiger partial charge in [-0.1, -0.05) is 13.8 Å². The molecule has 0 amide bonds. The van der Waals surface area contributed by atoms with Crippen LogP contribution < -0.4 is 5.73 Å². The number of aromatic hydroxyl groups is 3. The van der Waals surface area contributed by atoms with Gasteiger partial charge >= 0.3 is 11.9 Å². The monoisotopic (exact) mass is 299 g/mol. The molecule has 1 unspecified atom stereocenters. The van der Waals surface area contributed by atoms with Crippen LogP contribution in [0.1, 0.15) is 30.6 Å². The number of carboxylic acid groups (broad SMARTS) is 1. The SMILES string of the molecule is CC(C)CC(N)(OC(=O)c1cc(O)c(O)c(O)c1)C(=O)O. The Morgan fingerprint density at radius 2 is 1.71 bits per heavy atom. The van der Waals surface area contributed by atoms with Gasteiger partial charge in [-0.2, -0.15) is 0 Å². The highest BCUT2D eigenvalue weighted by molar-refractivity contribution is 5.93. The fourth-order valence-electron chi connectivity index (χ4n) is 1.73. The predicted molar refractivity (Wildman–Crippen MR) is 70.9 cm³/mol. The molecule has 0 saturated carbocycles. The number of phenolic OH excluding ortho intramolecular Hbond substituents is 3. The van der Waals surface area contributed by atoms with Crippen LogP contribution >= 0.6 is 0 Å². The van der Waals surface area contributed by atoms with Crippen molar-refractivity contribution in [3.8, 4) is 17.2 Å². The molecule has 1 aromatic rings. The normalized spacial score (nSPS) is 13.7. The van der Waals surface area contributed by atoms with E-state index in [1.54, 1.807) is 13.8 Å². The third-order valence-corrected chi connectivity index (χ3v) is 2.65. The first-order chi connectivity index (χ1) is 9.56. The minimum atomic E-state index is -2.23. The number of hydrogen-bond donors (Lipinski definition) is 5. The minimum absolute atomic E-state index is 0.121. The second kappa shape index (κ2) is 5.88. The molecule has 0 heterocycles. The average molecular weight is 299 g/mol. The van der Waals surface area contributed by atoms with Gasteiger partial charge in [-0.15, -0.1) is 0 Å². The van der Waals surface area contributed by atoms with Gasteiger partial charge in [-0.25, -0.2) is 9.59 Å². The van der Waals surface area contributed by atoms with Crippen LogP contribution in [0.15, 0.2) is 12.1 Å². The number of aliphatic carboxylic acids is 1. The van der Waals surface area contributed by atoms with Gasteiger partial charge in [0.05, 0.1) is 5.56 Å². The number of esters is 1. The van der Waals surface area contributed by atoms with E-state index in [0.717, 1.165) is 12.1 Å². The maximum Gasteiger partial charge on any atom is 0.363 e. The van der Waals surface area contributed by atoms with Crippen molar-refractivity contribution in [3.63, 3.8) is 0 Å². The third-order valence-electron chi connectivity index (χ3n) is 2.65. The lowest BCUT2D eigenvalue weighted by Gasteiger charge is -2.26. The van der Waals surface area contributed by atoms with Crippen LogP contribution in [0.4, 0.5) is 0 Å². The largest absolute Gasteiger partial charge is 0.504 e. The Hall–Kier alpha value is -2.48. The first-order valence-electron chi connectivity index (χ1n) is 6.07. The number of rotatable bonds is 5. The van der Waals surface area contributed by atoms with Crippen molar-refractivity contribution in [2.45, 2.75) is 26.0 Å². The van der Waals surface area contributed by atoms with E-state index in [0.29, 0.717) is 0 Å². The molecule has 8 heteroatoms. The summed E-state index contributed by atoms with van der Waals surface area (Å²) < 4.78 is 4.78. The molecule has 0 aliphatic carbocycles. The fraction of sp³-hybridized carbons (Fsp3) is 0.385. The van der Waals surface area contributed by atoms with E-state index in [1.165, 1.54) is 0 Å². The Morgan fingerprint density at radius 3 is 2.10 bits per heavy atom. The number of hydrogen-bond acceptors (Lipinski definition) is 7. The highest BCUT2D eigenvalue weighted by atomic mass is 16.6. The summed E-state index contributed by atoms with van der Waals surface area (Å²) in [6.07, 6.45) is -0.121. The number of carbonyl (C=O) groups is 2. The van der Waals surface area contributed by atoms with Crippen molar-refractivity contribution in [2.75, 3.05) is 0 Å². The molecule has 1 atom stereocenters. The van der Waals surface area contributed by atoms with Crippen molar-refractivity contribution in [2.24, 2.45) is 11.7 Å². The zero-order chi connectivity index (χ0) is 16.4. The Bertz CT molecular complexity index is 547. The van der Waals surface area contributed by atoms with Crippen molar-refractivity contribution in [1.29, 1.82) is 0 Å². The van der Waals surface area contributed by atoms with Crippen LogP contribution in [0, 0.1) is 5.92 Å². The van der Waals surface area contributed by atoms with Gasteiger partial charge in [-0.05, 0) is 18.1 Å². The van der Waals surface area contributed by atoms with Gasteiger partial charge in [0, 0.05) is 6.42 Å². The number of carbonyl (C=O) groups excluding carboxylic acids is 1. The fourth-order valence-corrected chi connectivity index (χ4v) is 1.73. The van der Waals surface area contributed by atoms with Crippen LogP contribution in [0.3, 0.4) is 0 Å². The van der Waals surface area contributed by atoms with E-state index in [9.17, 15) is 24.9 Å². The molecule has 21 heavy (non-hydrogen) atoms. The van der Waals surface area contributed by atoms with Crippen molar-refractivity contribution in [1.82, 2.24) is 0 Å². The molecule has 0 saturated heterocycles. The van der Waals surface area contributed by atoms with E-state index in [4.69, 9.17) is 15.6 Å². The van der Waals surface area contributed by atoms with Gasteiger partial charge in [0.15, 0.2) is 17.2 Å². The average Bonchev–Trinajstić information content (AvgIpc) is 2.33. The van der Waals surface area contributed by atoms with Crippen LogP contribution in [-0.2, 0) is 9.53 Å². The van der Waals surface area contributed by atoms with Gasteiger partial charge < -0.3 is 25.2 Å². The van der Waals surface area contributed by atoms with Gasteiger partial charge in [-0.3, -0.25) is 5.73 Å². The van der Waals surface area contributed by atoms with E-state index in [2.05, 4.69) is 0 Å². The summed E-state index contributed by atoms with van der Waals surface area (Å²) in [6.45, 7) is 3.41. The van der Waals surface area contributed by atoms with Gasteiger partial charge in [0.25, 0.3) is 5.72 Å². The van der Waals surface area contributed by atoms with E-state index < -0.39 is 34.9 Å². The van der Waals surface area contributed by atoms with Crippen LogP contribution in [0.5, 0.6) is 17.2 Å². The standard InChI is InChI=1S/C13H17NO7/c1-6(2)5-13(14,12(19)20)21-11(18)7-3-8(15)10(17)9(16)4-7/h3-4,6,15-17H,5,14H2,1-2H3,(H,19,20). The number of benzene rings is 1. The Morgan fingerprint density at radius 1 is 1.24 bits per heavy atom. The molecule has 0 spiro atoms. The minimum Gasteiger partial charge on any atom is -0.504 e. The highest BCUT2D eigenvalue weighted by Gasteiger charge is 2.39. The summed E-state index contributed by atoms with van der Waals surface area (Å²) in [6, 6.07) is 1.66. The lowest BCUT2D eigenvalue weighted by molar-refractivity contribution is -0.160. The topological polar surface area (TPSA) is 150 Å². The summed E-state index contributed by atoms with van der Waals surface area (Å²) in [5.74, 6) is -5.11. The summed E-state index contributed by atoms with van der Waals surface area (Å²) in [7, 11) is 0. The predicted octanol–water partition coefficient (Wildman–Crippen LogP) is 0.746. The van der Waals surface area contributed by atoms with Gasteiger partial charge in [0.2, 0.25) is 0 Å². The van der Waals surface area contributed by atoms with Crippen LogP contribution in [0.2, 0.25) is 0 Å². The lowest BCUT2D eigenvalue weighted by Crippen LogP contribution is -2.52. The van der Waals surface area contributed by atoms with E-state index in [-0.39, 0.29) is 17.9 Å².